The van der Waals surface area contributed by atoms with E-state index in [1.807, 2.05) is 66.7 Å². The highest BCUT2D eigenvalue weighted by Gasteiger charge is 2.60. The number of fused-ring (bicyclic) bond motifs is 1. The number of halogens is 1. The van der Waals surface area contributed by atoms with Gasteiger partial charge in [-0.15, -0.1) is 0 Å². The van der Waals surface area contributed by atoms with E-state index in [0.717, 1.165) is 27.7 Å². The number of amides is 2. The van der Waals surface area contributed by atoms with Gasteiger partial charge in [-0.1, -0.05) is 49.7 Å². The van der Waals surface area contributed by atoms with E-state index >= 15 is 0 Å². The molecule has 0 radical (unpaired) electrons. The molecule has 7 nitrogen and oxygen atoms in total. The van der Waals surface area contributed by atoms with Crippen LogP contribution in [0, 0.1) is 9.49 Å². The Bertz CT molecular complexity index is 1270. The second-order valence-electron chi connectivity index (χ2n) is 8.73. The average Bonchev–Trinajstić information content (AvgIpc) is 3.41. The van der Waals surface area contributed by atoms with Crippen molar-refractivity contribution in [1.29, 1.82) is 0 Å². The third-order valence-corrected chi connectivity index (χ3v) is 7.42. The molecule has 3 aromatic carbocycles. The molecule has 2 heterocycles. The van der Waals surface area contributed by atoms with Gasteiger partial charge in [0.25, 0.3) is 5.91 Å². The van der Waals surface area contributed by atoms with Crippen LogP contribution in [0.25, 0.3) is 0 Å². The fraction of sp³-hybridized carbons (Fsp3) is 0.286. The quantitative estimate of drug-likeness (QED) is 0.193. The highest BCUT2D eigenvalue weighted by Crippen LogP contribution is 2.49. The van der Waals surface area contributed by atoms with Crippen molar-refractivity contribution in [2.24, 2.45) is 5.92 Å². The molecule has 2 aliphatic heterocycles. The van der Waals surface area contributed by atoms with Gasteiger partial charge >= 0.3 is 0 Å². The zero-order valence-corrected chi connectivity index (χ0v) is 22.3. The van der Waals surface area contributed by atoms with Crippen molar-refractivity contribution in [2.45, 2.75) is 31.9 Å². The molecule has 36 heavy (non-hydrogen) atoms. The molecule has 2 amide bonds. The summed E-state index contributed by atoms with van der Waals surface area (Å²) in [5.41, 5.74) is 2.14. The van der Waals surface area contributed by atoms with Gasteiger partial charge in [0.2, 0.25) is 5.91 Å². The van der Waals surface area contributed by atoms with Gasteiger partial charge in [0.05, 0.1) is 31.1 Å². The number of nitrogens with zero attached hydrogens (tertiary/aromatic N) is 2. The zero-order chi connectivity index (χ0) is 25.2. The highest BCUT2D eigenvalue weighted by atomic mass is 127. The topological polar surface area (TPSA) is 68.3 Å². The lowest BCUT2D eigenvalue weighted by Gasteiger charge is -2.29. The van der Waals surface area contributed by atoms with Gasteiger partial charge in [0.15, 0.2) is 17.6 Å². The fourth-order valence-corrected chi connectivity index (χ4v) is 5.37. The number of hydrogen-bond donors (Lipinski definition) is 0. The van der Waals surface area contributed by atoms with Gasteiger partial charge in [-0.2, -0.15) is 0 Å². The van der Waals surface area contributed by atoms with E-state index in [1.165, 1.54) is 4.90 Å². The standard InChI is InChI=1S/C28H27IN2O5/c1-3-4-16-35-22-15-14-18(17-23(22)34-2)25-24-26(36-31(25)19-10-6-5-7-11-19)28(33)30(27(24)32)21-13-9-8-12-20(21)29/h5-15,17,24-26H,3-4,16H2,1-2H3/t24-,25-,26-/m1/s1. The van der Waals surface area contributed by atoms with E-state index in [-0.39, 0.29) is 11.8 Å². The Hall–Kier alpha value is -3.11. The SMILES string of the molecule is CCCCOc1ccc([C@@H]2[C@H]3C(=O)N(c4ccccc4I)C(=O)[C@@H]3ON2c2ccccc2)cc1OC. The molecule has 3 atom stereocenters. The maximum Gasteiger partial charge on any atom is 0.266 e. The van der Waals surface area contributed by atoms with Crippen LogP contribution in [0.5, 0.6) is 11.5 Å². The van der Waals surface area contributed by atoms with Gasteiger partial charge in [-0.25, -0.2) is 9.96 Å². The third-order valence-electron chi connectivity index (χ3n) is 6.50. The summed E-state index contributed by atoms with van der Waals surface area (Å²) in [6.07, 6.45) is 1.05. The van der Waals surface area contributed by atoms with Gasteiger partial charge in [-0.3, -0.25) is 14.4 Å². The van der Waals surface area contributed by atoms with Gasteiger partial charge in [-0.05, 0) is 71.0 Å². The molecule has 0 bridgehead atoms. The van der Waals surface area contributed by atoms with Crippen LogP contribution in [-0.2, 0) is 14.4 Å². The minimum atomic E-state index is -0.926. The molecule has 0 saturated carbocycles. The highest BCUT2D eigenvalue weighted by molar-refractivity contribution is 14.1. The van der Waals surface area contributed by atoms with Crippen molar-refractivity contribution in [3.8, 4) is 11.5 Å². The minimum Gasteiger partial charge on any atom is -0.493 e. The molecule has 3 aromatic rings. The van der Waals surface area contributed by atoms with E-state index in [1.54, 1.807) is 18.2 Å². The van der Waals surface area contributed by atoms with Crippen molar-refractivity contribution in [3.63, 3.8) is 0 Å². The van der Waals surface area contributed by atoms with Crippen molar-refractivity contribution < 1.29 is 23.9 Å². The smallest absolute Gasteiger partial charge is 0.266 e. The molecule has 2 saturated heterocycles. The Morgan fingerprint density at radius 1 is 0.944 bits per heavy atom. The maximum atomic E-state index is 13.8. The summed E-state index contributed by atoms with van der Waals surface area (Å²) < 4.78 is 12.4. The van der Waals surface area contributed by atoms with Crippen molar-refractivity contribution >= 4 is 45.8 Å². The number of carbonyl (C=O) groups is 2. The van der Waals surface area contributed by atoms with Crippen LogP contribution >= 0.6 is 22.6 Å². The van der Waals surface area contributed by atoms with Crippen molar-refractivity contribution in [1.82, 2.24) is 0 Å². The number of benzene rings is 3. The first-order valence-corrected chi connectivity index (χ1v) is 13.1. The molecular weight excluding hydrogens is 571 g/mol. The first kappa shape index (κ1) is 24.6. The van der Waals surface area contributed by atoms with Crippen molar-refractivity contribution in [2.75, 3.05) is 23.7 Å². The van der Waals surface area contributed by atoms with Crippen LogP contribution in [0.1, 0.15) is 31.4 Å². The molecule has 2 aliphatic rings. The summed E-state index contributed by atoms with van der Waals surface area (Å²) in [7, 11) is 1.60. The number of carbonyl (C=O) groups excluding carboxylic acids is 2. The summed E-state index contributed by atoms with van der Waals surface area (Å²) in [5.74, 6) is -0.133. The van der Waals surface area contributed by atoms with Crippen LogP contribution < -0.4 is 19.4 Å². The molecule has 0 aromatic heterocycles. The summed E-state index contributed by atoms with van der Waals surface area (Å²) in [6.45, 7) is 2.70. The number of rotatable bonds is 8. The van der Waals surface area contributed by atoms with E-state index in [9.17, 15) is 9.59 Å². The normalized spacial score (nSPS) is 21.1. The van der Waals surface area contributed by atoms with Gasteiger partial charge in [0.1, 0.15) is 5.92 Å². The summed E-state index contributed by atoms with van der Waals surface area (Å²) in [5, 5.41) is 1.69. The lowest BCUT2D eigenvalue weighted by Crippen LogP contribution is -2.37. The molecule has 0 aliphatic carbocycles. The van der Waals surface area contributed by atoms with E-state index in [2.05, 4.69) is 29.5 Å². The lowest BCUT2D eigenvalue weighted by molar-refractivity contribution is -0.126. The van der Waals surface area contributed by atoms with Crippen LogP contribution in [-0.4, -0.2) is 31.6 Å². The first-order valence-electron chi connectivity index (χ1n) is 12.0. The molecule has 0 unspecified atom stereocenters. The largest absolute Gasteiger partial charge is 0.493 e. The number of hydroxylamine groups is 1. The fourth-order valence-electron chi connectivity index (χ4n) is 4.74. The second kappa shape index (κ2) is 10.5. The average molecular weight is 598 g/mol. The number of ether oxygens (including phenoxy) is 2. The van der Waals surface area contributed by atoms with Crippen LogP contribution in [0.15, 0.2) is 72.8 Å². The Morgan fingerprint density at radius 3 is 2.42 bits per heavy atom. The molecule has 8 heteroatoms. The summed E-state index contributed by atoms with van der Waals surface area (Å²) >= 11 is 2.14. The number of imide groups is 1. The molecule has 186 valence electrons. The Labute approximate surface area is 224 Å². The molecular formula is C28H27IN2O5. The van der Waals surface area contributed by atoms with E-state index in [0.29, 0.717) is 23.8 Å². The predicted molar refractivity (Wildman–Crippen MR) is 145 cm³/mol. The Balaban J connectivity index is 1.56. The minimum absolute atomic E-state index is 0.278. The second-order valence-corrected chi connectivity index (χ2v) is 9.90. The number of anilines is 2. The molecule has 2 fully saturated rings. The Morgan fingerprint density at radius 2 is 1.69 bits per heavy atom. The van der Waals surface area contributed by atoms with Gasteiger partial charge < -0.3 is 9.47 Å². The third kappa shape index (κ3) is 4.32. The van der Waals surface area contributed by atoms with E-state index in [4.69, 9.17) is 14.3 Å². The van der Waals surface area contributed by atoms with Gasteiger partial charge in [0, 0.05) is 3.57 Å². The zero-order valence-electron chi connectivity index (χ0n) is 20.1. The first-order chi connectivity index (χ1) is 17.5. The molecule has 0 spiro atoms. The monoisotopic (exact) mass is 598 g/mol. The molecule has 5 rings (SSSR count). The number of hydrogen-bond acceptors (Lipinski definition) is 6. The molecule has 0 N–H and O–H groups in total. The maximum absolute atomic E-state index is 13.8. The lowest BCUT2D eigenvalue weighted by atomic mass is 9.90. The van der Waals surface area contributed by atoms with Crippen molar-refractivity contribution in [3.05, 3.63) is 81.9 Å². The number of methoxy groups -OCH3 is 1. The van der Waals surface area contributed by atoms with Crippen LogP contribution in [0.4, 0.5) is 11.4 Å². The van der Waals surface area contributed by atoms with Crippen LogP contribution in [0.3, 0.4) is 0 Å². The number of para-hydroxylation sites is 2. The Kier molecular flexibility index (Phi) is 7.15. The van der Waals surface area contributed by atoms with Crippen LogP contribution in [0.2, 0.25) is 0 Å². The number of unbranched alkanes of at least 4 members (excludes halogenated alkanes) is 1. The predicted octanol–water partition coefficient (Wildman–Crippen LogP) is 5.53. The summed E-state index contributed by atoms with van der Waals surface area (Å²) in [6, 6.07) is 22.0. The summed E-state index contributed by atoms with van der Waals surface area (Å²) in [4.78, 5) is 34.9. The van der Waals surface area contributed by atoms with E-state index < -0.39 is 18.1 Å².